The molecule has 0 saturated carbocycles. The number of ketones is 3. The predicted molar refractivity (Wildman–Crippen MR) is 477 cm³/mol. The van der Waals surface area contributed by atoms with Gasteiger partial charge in [0.15, 0.2) is 129 Å². The largest absolute Gasteiger partial charge is 1.00 e. The normalized spacial score (nSPS) is 29.9. The average Bonchev–Trinajstić information content (AvgIpc) is 1.58. The SMILES string of the molecule is C.CC(=O)C1OC(n2cnc3c(C)nc(C#N)nc32)C(O)C1O.CC(=O)C1OC(n2cnc3c(C)nc(C#N)nc32)C2OP(=O)(O)OC12.CC1(C)OC2C(C(=O)O)OC(n3cnc4c(=O)[nH]c(C#N)nc43)C2O1.CC1(C)OC2C(CO)OC(n3cnc4c(=O)[nH]c(C#N)nc43)C2O1.CC1(C)OC2C(CO)OC(n3cnc4c(=O)[nH]c(N)nc43)C2O1.COC1C(C(C)=O)OC(n2cnc3c(C)nc(C#N)nc32)C1OC.F.[H-].[HH].[K+]. The molecule has 12 aromatic heterocycles. The van der Waals surface area contributed by atoms with Crippen molar-refractivity contribution in [2.75, 3.05) is 33.2 Å². The number of aromatic amines is 3. The van der Waals surface area contributed by atoms with Crippen LogP contribution in [0.25, 0.3) is 67.0 Å². The first-order valence-corrected chi connectivity index (χ1v) is 44.8. The number of ether oxygens (including phenoxy) is 14. The van der Waals surface area contributed by atoms with Crippen LogP contribution in [0.2, 0.25) is 0 Å². The number of nitrogens with zero attached hydrogens (tertiary/aromatic N) is 26. The van der Waals surface area contributed by atoms with Gasteiger partial charge in [0.05, 0.1) is 68.3 Å². The topological polar surface area (TPSA) is 821 Å². The summed E-state index contributed by atoms with van der Waals surface area (Å²) in [5.41, 5.74) is 9.06. The fourth-order valence-electron chi connectivity index (χ4n) is 18.1. The maximum absolute atomic E-state index is 12.0. The van der Waals surface area contributed by atoms with Crippen molar-refractivity contribution in [3.63, 3.8) is 0 Å². The van der Waals surface area contributed by atoms with Gasteiger partial charge in [-0.2, -0.15) is 46.2 Å². The molecule has 0 radical (unpaired) electrons. The number of imidazole rings is 6. The number of hydrogen-bond donors (Lipinski definition) is 10. The summed E-state index contributed by atoms with van der Waals surface area (Å²) in [5, 5.41) is 93.5. The fraction of sp³-hybridized carbons (Fsp3) is 0.530. The molecule has 10 aliphatic heterocycles. The number of carboxylic acid groups (broad SMARTS) is 1. The first kappa shape index (κ1) is 109. The summed E-state index contributed by atoms with van der Waals surface area (Å²) >= 11 is 0. The quantitative estimate of drug-likeness (QED) is 0.0370. The molecule has 22 heterocycles. The van der Waals surface area contributed by atoms with Crippen molar-refractivity contribution in [2.24, 2.45) is 0 Å². The Balaban J connectivity index is 0.000000157. The van der Waals surface area contributed by atoms with Crippen LogP contribution in [0.15, 0.2) is 52.3 Å². The van der Waals surface area contributed by atoms with Crippen LogP contribution >= 0.6 is 7.82 Å². The Labute approximate surface area is 864 Å². The average molecular weight is 2080 g/mol. The van der Waals surface area contributed by atoms with E-state index in [9.17, 15) is 68.6 Å². The van der Waals surface area contributed by atoms with Gasteiger partial charge in [0.25, 0.3) is 16.7 Å². The van der Waals surface area contributed by atoms with E-state index in [1.165, 1.54) is 84.9 Å². The minimum atomic E-state index is -4.27. The molecule has 10 aliphatic rings. The number of Topliss-reactive ketones (excluding diaryl/α,β-unsaturated/α-hetero) is 3. The first-order chi connectivity index (χ1) is 67.9. The zero-order valence-electron chi connectivity index (χ0n) is 79.8. The zero-order chi connectivity index (χ0) is 103. The van der Waals surface area contributed by atoms with Crippen LogP contribution in [-0.2, 0) is 99.1 Å². The molecule has 25 unspecified atom stereocenters. The van der Waals surface area contributed by atoms with Gasteiger partial charge in [0.2, 0.25) is 35.1 Å². The molecule has 0 amide bonds. The number of phosphoric ester groups is 1. The van der Waals surface area contributed by atoms with E-state index in [1.54, 1.807) is 89.9 Å². The van der Waals surface area contributed by atoms with E-state index in [2.05, 4.69) is 89.7 Å². The number of methoxy groups -OCH3 is 2. The molecule has 10 saturated heterocycles. The summed E-state index contributed by atoms with van der Waals surface area (Å²) in [5.74, 6) is -5.05. The van der Waals surface area contributed by atoms with Gasteiger partial charge in [-0.05, 0) is 83.1 Å². The summed E-state index contributed by atoms with van der Waals surface area (Å²) in [6, 6.07) is 9.18. The Bertz CT molecular complexity index is 7580. The fourth-order valence-corrected chi connectivity index (χ4v) is 19.2. The van der Waals surface area contributed by atoms with E-state index in [4.69, 9.17) is 107 Å². The number of nitrogen functional groups attached to an aromatic ring is 1. The van der Waals surface area contributed by atoms with Crippen LogP contribution in [0, 0.1) is 77.4 Å². The number of carbonyl (C=O) groups is 4. The number of aliphatic hydroxyl groups is 4. The van der Waals surface area contributed by atoms with Crippen LogP contribution in [0.4, 0.5) is 10.7 Å². The van der Waals surface area contributed by atoms with E-state index >= 15 is 0 Å². The molecule has 0 aromatic carbocycles. The van der Waals surface area contributed by atoms with E-state index in [-0.39, 0.29) is 160 Å². The number of aliphatic hydroxyl groups excluding tert-OH is 4. The van der Waals surface area contributed by atoms with E-state index in [0.29, 0.717) is 56.2 Å². The molecule has 25 atom stereocenters. The number of rotatable bonds is 14. The number of phosphoric acid groups is 1. The summed E-state index contributed by atoms with van der Waals surface area (Å²) < 4.78 is 111. The van der Waals surface area contributed by atoms with Crippen LogP contribution in [-0.4, -0.2) is 326 Å². The molecule has 0 aliphatic carbocycles. The molecule has 60 nitrogen and oxygen atoms in total. The molecule has 22 rings (SSSR count). The maximum atomic E-state index is 12.0. The maximum Gasteiger partial charge on any atom is 1.00 e. The molecule has 0 bridgehead atoms. The molecule has 12 aromatic rings. The monoisotopic (exact) mass is 2080 g/mol. The second kappa shape index (κ2) is 42.3. The Kier molecular flexibility index (Phi) is 31.6. The molecular formula is C83H95FKN30O30P. The van der Waals surface area contributed by atoms with Crippen LogP contribution < -0.4 is 73.8 Å². The van der Waals surface area contributed by atoms with Gasteiger partial charge in [-0.1, -0.05) is 7.43 Å². The number of nitrogens with two attached hydrogens (primary N) is 1. The van der Waals surface area contributed by atoms with Crippen molar-refractivity contribution in [3.8, 4) is 30.3 Å². The van der Waals surface area contributed by atoms with Gasteiger partial charge in [0.1, 0.15) is 151 Å². The van der Waals surface area contributed by atoms with Crippen LogP contribution in [0.3, 0.4) is 0 Å². The number of nitrogens with one attached hydrogen (secondary N) is 3. The second-order valence-electron chi connectivity index (χ2n) is 34.8. The smallest absolute Gasteiger partial charge is 1.00 e. The Morgan fingerprint density at radius 1 is 0.438 bits per heavy atom. The molecule has 146 heavy (non-hydrogen) atoms. The third-order valence-corrected chi connectivity index (χ3v) is 25.0. The molecule has 11 N–H and O–H groups in total. The number of H-pyrrole nitrogens is 3. The summed E-state index contributed by atoms with van der Waals surface area (Å²) in [4.78, 5) is 161. The number of aromatic nitrogens is 24. The van der Waals surface area contributed by atoms with Gasteiger partial charge in [-0.25, -0.2) is 64.2 Å². The first-order valence-electron chi connectivity index (χ1n) is 43.3. The van der Waals surface area contributed by atoms with Crippen molar-refractivity contribution < 1.29 is 188 Å². The number of halogens is 1. The molecular weight excluding hydrogens is 1990 g/mol. The Morgan fingerprint density at radius 2 is 0.753 bits per heavy atom. The number of aryl methyl sites for hydroxylation is 3. The van der Waals surface area contributed by atoms with Crippen molar-refractivity contribution >= 4 is 104 Å². The summed E-state index contributed by atoms with van der Waals surface area (Å²) in [7, 11) is -1.25. The number of hydrogen-bond acceptors (Lipinski definition) is 49. The van der Waals surface area contributed by atoms with Gasteiger partial charge >= 0.3 is 65.2 Å². The minimum Gasteiger partial charge on any atom is -1.00 e. The van der Waals surface area contributed by atoms with Crippen molar-refractivity contribution in [3.05, 3.63) is 115 Å². The predicted octanol–water partition coefficient (Wildman–Crippen LogP) is -3.73. The van der Waals surface area contributed by atoms with Gasteiger partial charge in [-0.15, -0.1) is 0 Å². The van der Waals surface area contributed by atoms with Gasteiger partial charge in [-0.3, -0.25) is 84.9 Å². The Morgan fingerprint density at radius 3 is 1.12 bits per heavy atom. The molecule has 10 fully saturated rings. The van der Waals surface area contributed by atoms with Crippen LogP contribution in [0.5, 0.6) is 0 Å². The van der Waals surface area contributed by atoms with E-state index < -0.39 is 195 Å². The van der Waals surface area contributed by atoms with Gasteiger partial charge in [0, 0.05) is 15.6 Å². The van der Waals surface area contributed by atoms with E-state index in [0.717, 1.165) is 0 Å². The third kappa shape index (κ3) is 20.3. The second-order valence-corrected chi connectivity index (χ2v) is 36.2. The zero-order valence-corrected chi connectivity index (χ0v) is 82.8. The summed E-state index contributed by atoms with van der Waals surface area (Å²) in [6.07, 6.45) is -10.8. The molecule has 0 spiro atoms. The number of fused-ring (bicyclic) bond motifs is 10. The number of carboxylic acids is 1. The third-order valence-electron chi connectivity index (χ3n) is 24.0. The van der Waals surface area contributed by atoms with Gasteiger partial charge < -0.3 is 104 Å². The van der Waals surface area contributed by atoms with Crippen molar-refractivity contribution in [1.82, 2.24) is 117 Å². The van der Waals surface area contributed by atoms with Crippen LogP contribution in [0.1, 0.15) is 156 Å². The summed E-state index contributed by atoms with van der Waals surface area (Å²) in [6.45, 7) is 19.2. The minimum absolute atomic E-state index is 0. The molecule has 770 valence electrons. The molecule has 63 heteroatoms. The number of aliphatic carboxylic acids is 1. The number of carbonyl (C=O) groups excluding carboxylic acids is 3. The number of anilines is 1. The van der Waals surface area contributed by atoms with Crippen molar-refractivity contribution in [1.29, 1.82) is 26.3 Å². The van der Waals surface area contributed by atoms with E-state index in [1.807, 2.05) is 18.2 Å². The van der Waals surface area contributed by atoms with Crippen molar-refractivity contribution in [2.45, 2.75) is 255 Å². The number of nitriles is 5. The Hall–Kier alpha value is -12.6. The standard InChI is InChI=1S/C15H17N5O4.C14H13N5O6.C14H15N5O5.C13H12N5O6P.C13H17N5O5.C13H13N5O4.CH4.FH.K.H2.H/c1-7-10-14(19-9(5-16)18-7)20(6-17-10)15-13(23-4)12(22-3)11(24-15)8(2)21;1-14(2)24-7-8(25-14)12(23-9(7)13(21)22)19-4-16-6-10(19)17-5(3-15)18-11(6)20;1-14(2)23-9-6(4-20)22-13(10(9)24-14)19-5-16-8-11(19)17-7(3-15)18-12(8)21;1-5-8-12(17-7(3-14)16-5)18(4-15-8)13-11-10(9(22-13)6(2)19)23-25(20,21)24-11;1-13(2)22-7-5(3-19)21-11(8(7)23-13)18-4-15-6-9(18)16-12(14)17-10(6)20;1-5-8-12(17-7(3-14)16-5)18(4-15-8)13-10(21)9(20)11(22-13)6(2)19;;;;;/h6,11-13,15H,1-4H3;4,7-9,12H,1-2H3,(H,21,22)(H,17,18,20);5-6,9-10,13,20H,4H2,1-2H3,(H,17,18,21);4,9-11,13H,1-2H3,(H,20,21);4-5,7-8,11,19H,3H2,1-2H3,(H3,14,16,17,20);4,9-11,13,20-21H,1-2H3;1H4;1H;;1H;/q;;;;;;;;+1;;-1.